The van der Waals surface area contributed by atoms with Crippen LogP contribution in [0.25, 0.3) is 0 Å². The molecule has 0 N–H and O–H groups in total. The maximum atomic E-state index is 5.56. The van der Waals surface area contributed by atoms with Gasteiger partial charge < -0.3 is 17.0 Å². The van der Waals surface area contributed by atoms with Gasteiger partial charge in [-0.25, -0.2) is 0 Å². The van der Waals surface area contributed by atoms with Crippen molar-refractivity contribution in [1.82, 2.24) is 0 Å². The third-order valence-corrected chi connectivity index (χ3v) is 1.81. The molecule has 0 unspecified atom stereocenters. The Balaban J connectivity index is 0. The molecular weight excluding hydrogens is 302 g/mol. The smallest absolute Gasteiger partial charge is 0.247 e. The topological polar surface area (TPSA) is 36.9 Å². The van der Waals surface area contributed by atoms with Gasteiger partial charge in [0, 0.05) is 0 Å². The van der Waals surface area contributed by atoms with Gasteiger partial charge in [-0.3, -0.25) is 0 Å². The molecule has 0 saturated heterocycles. The highest BCUT2D eigenvalue weighted by atomic mass is 79.9. The van der Waals surface area contributed by atoms with Gasteiger partial charge in [-0.2, -0.15) is 0 Å². The van der Waals surface area contributed by atoms with Crippen molar-refractivity contribution < 1.29 is 41.5 Å². The Morgan fingerprint density at radius 3 is 0.944 bits per heavy atom. The molecule has 0 atom stereocenters. The van der Waals surface area contributed by atoms with E-state index >= 15 is 0 Å². The Morgan fingerprint density at radius 1 is 0.556 bits per heavy atom. The summed E-state index contributed by atoms with van der Waals surface area (Å²) < 4.78 is 0. The predicted molar refractivity (Wildman–Crippen MR) is 65.2 cm³/mol. The lowest BCUT2D eigenvalue weighted by Crippen LogP contribution is -3.00. The molecule has 0 spiro atoms. The molecule has 0 aromatic heterocycles. The van der Waals surface area contributed by atoms with Crippen molar-refractivity contribution in [1.29, 1.82) is 0 Å². The van der Waals surface area contributed by atoms with Gasteiger partial charge in [0.2, 0.25) is 5.14 Å². The molecule has 5 nitrogen and oxygen atoms in total. The molecule has 0 rings (SSSR count). The van der Waals surface area contributed by atoms with Crippen LogP contribution in [-0.2, 0) is 19.4 Å². The van der Waals surface area contributed by atoms with Gasteiger partial charge >= 0.3 is 0 Å². The van der Waals surface area contributed by atoms with E-state index in [1.54, 1.807) is 0 Å². The number of hydrogen-bond acceptors (Lipinski definition) is 4. The van der Waals surface area contributed by atoms with Gasteiger partial charge in [-0.05, 0) is 25.7 Å². The molecule has 6 heteroatoms. The van der Waals surface area contributed by atoms with Crippen LogP contribution in [0.2, 0.25) is 0 Å². The summed E-state index contributed by atoms with van der Waals surface area (Å²) in [5.41, 5.74) is 0. The van der Waals surface area contributed by atoms with Crippen molar-refractivity contribution in [3.05, 3.63) is 0 Å². The molecule has 0 bridgehead atoms. The first-order valence-electron chi connectivity index (χ1n) is 6.71. The zero-order chi connectivity index (χ0) is 13.0. The van der Waals surface area contributed by atoms with E-state index in [0.29, 0.717) is 26.4 Å². The third kappa shape index (κ3) is 9.24. The monoisotopic (exact) mass is 329 g/mol. The van der Waals surface area contributed by atoms with Crippen LogP contribution in [-0.4, -0.2) is 31.6 Å². The van der Waals surface area contributed by atoms with Gasteiger partial charge in [-0.1, -0.05) is 47.0 Å². The predicted octanol–water partition coefficient (Wildman–Crippen LogP) is 0.174. The quantitative estimate of drug-likeness (QED) is 0.378. The lowest BCUT2D eigenvalue weighted by atomic mass is 10.5. The summed E-state index contributed by atoms with van der Waals surface area (Å²) in [4.78, 5) is 22.2. The van der Waals surface area contributed by atoms with Crippen molar-refractivity contribution >= 4 is 0 Å². The van der Waals surface area contributed by atoms with E-state index in [2.05, 4.69) is 0 Å². The molecule has 0 aliphatic carbocycles. The fraction of sp³-hybridized carbons (Fsp3) is 1.00. The molecular formula is C12H28BrNO4. The van der Waals surface area contributed by atoms with Crippen molar-refractivity contribution in [3.8, 4) is 0 Å². The van der Waals surface area contributed by atoms with E-state index in [1.165, 1.54) is 0 Å². The number of hydrogen-bond donors (Lipinski definition) is 0. The third-order valence-electron chi connectivity index (χ3n) is 1.81. The number of quaternary nitrogens is 1. The highest BCUT2D eigenvalue weighted by molar-refractivity contribution is 4.18. The lowest BCUT2D eigenvalue weighted by Gasteiger charge is -2.25. The van der Waals surface area contributed by atoms with Crippen molar-refractivity contribution in [2.24, 2.45) is 0 Å². The van der Waals surface area contributed by atoms with E-state index in [9.17, 15) is 0 Å². The van der Waals surface area contributed by atoms with Crippen LogP contribution in [0.5, 0.6) is 0 Å². The Hall–Kier alpha value is 0.280. The van der Waals surface area contributed by atoms with Gasteiger partial charge in [0.05, 0.1) is 0 Å². The highest BCUT2D eigenvalue weighted by Gasteiger charge is 2.37. The van der Waals surface area contributed by atoms with Crippen LogP contribution >= 0.6 is 0 Å². The van der Waals surface area contributed by atoms with Crippen LogP contribution in [0.1, 0.15) is 53.4 Å². The molecule has 0 saturated carbocycles. The van der Waals surface area contributed by atoms with E-state index in [0.717, 1.165) is 25.7 Å². The second-order valence-corrected chi connectivity index (χ2v) is 3.78. The first-order valence-corrected chi connectivity index (χ1v) is 6.71. The largest absolute Gasteiger partial charge is 1.00 e. The molecule has 0 aliphatic heterocycles. The minimum Gasteiger partial charge on any atom is -1.00 e. The highest BCUT2D eigenvalue weighted by Crippen LogP contribution is 2.15. The van der Waals surface area contributed by atoms with Crippen molar-refractivity contribution in [2.45, 2.75) is 53.4 Å². The maximum Gasteiger partial charge on any atom is 0.247 e. The molecule has 0 aromatic rings. The molecule has 112 valence electrons. The SMILES string of the molecule is CCCO[N+](OCCC)(OCCC)OCCC.[Br-]. The normalized spacial score (nSPS) is 11.3. The summed E-state index contributed by atoms with van der Waals surface area (Å²) >= 11 is 0. The summed E-state index contributed by atoms with van der Waals surface area (Å²) in [6.45, 7) is 10.3. The molecule has 0 amide bonds. The molecule has 0 aromatic carbocycles. The molecule has 0 aliphatic rings. The number of halogens is 1. The van der Waals surface area contributed by atoms with Crippen molar-refractivity contribution in [3.63, 3.8) is 0 Å². The first-order chi connectivity index (χ1) is 8.24. The second kappa shape index (κ2) is 13.7. The Kier molecular flexibility index (Phi) is 15.7. The second-order valence-electron chi connectivity index (χ2n) is 3.78. The summed E-state index contributed by atoms with van der Waals surface area (Å²) in [6, 6.07) is 0. The average Bonchev–Trinajstić information content (AvgIpc) is 2.37. The van der Waals surface area contributed by atoms with E-state index in [1.807, 2.05) is 27.7 Å². The summed E-state index contributed by atoms with van der Waals surface area (Å²) in [6.07, 6.45) is 3.56. The van der Waals surface area contributed by atoms with Crippen LogP contribution in [0, 0.1) is 0 Å². The van der Waals surface area contributed by atoms with E-state index < -0.39 is 5.14 Å². The molecule has 0 heterocycles. The fourth-order valence-corrected chi connectivity index (χ4v) is 1.04. The van der Waals surface area contributed by atoms with Crippen LogP contribution in [0.4, 0.5) is 0 Å². The minimum absolute atomic E-state index is 0. The van der Waals surface area contributed by atoms with Gasteiger partial charge in [0.25, 0.3) is 0 Å². The Bertz CT molecular complexity index is 135. The average molecular weight is 330 g/mol. The summed E-state index contributed by atoms with van der Waals surface area (Å²) in [5, 5.41) is -0.580. The molecule has 18 heavy (non-hydrogen) atoms. The van der Waals surface area contributed by atoms with Crippen molar-refractivity contribution in [2.75, 3.05) is 26.4 Å². The van der Waals surface area contributed by atoms with Gasteiger partial charge in [-0.15, -0.1) is 0 Å². The summed E-state index contributed by atoms with van der Waals surface area (Å²) in [7, 11) is 0. The van der Waals surface area contributed by atoms with Gasteiger partial charge in [0.1, 0.15) is 26.4 Å². The standard InChI is InChI=1S/C12H28NO4.BrH/c1-5-9-14-13(15-10-6-2,16-11-7-3)17-12-8-4;/h5-12H2,1-4H3;1H/q+1;/p-1. The van der Waals surface area contributed by atoms with Gasteiger partial charge in [0.15, 0.2) is 0 Å². The Labute approximate surface area is 122 Å². The zero-order valence-corrected chi connectivity index (χ0v) is 13.7. The Morgan fingerprint density at radius 2 is 0.778 bits per heavy atom. The first kappa shape index (κ1) is 20.6. The lowest BCUT2D eigenvalue weighted by molar-refractivity contribution is -1.47. The zero-order valence-electron chi connectivity index (χ0n) is 12.1. The number of rotatable bonds is 12. The minimum atomic E-state index is -0.580. The van der Waals surface area contributed by atoms with E-state index in [-0.39, 0.29) is 17.0 Å². The summed E-state index contributed by atoms with van der Waals surface area (Å²) in [5.74, 6) is 0. The molecule has 0 fully saturated rings. The van der Waals surface area contributed by atoms with Crippen LogP contribution < -0.4 is 17.0 Å². The van der Waals surface area contributed by atoms with Crippen LogP contribution in [0.15, 0.2) is 0 Å². The fourth-order valence-electron chi connectivity index (χ4n) is 1.04. The number of nitrogens with zero attached hydrogens (tertiary/aromatic N) is 1. The van der Waals surface area contributed by atoms with E-state index in [4.69, 9.17) is 19.4 Å². The maximum absolute atomic E-state index is 5.56. The van der Waals surface area contributed by atoms with Crippen LogP contribution in [0.3, 0.4) is 0 Å². The molecule has 0 radical (unpaired) electrons.